The van der Waals surface area contributed by atoms with Gasteiger partial charge >= 0.3 is 0 Å². The van der Waals surface area contributed by atoms with Crippen LogP contribution in [0.4, 0.5) is 0 Å². The molecule has 0 N–H and O–H groups in total. The molecular weight excluding hydrogens is 460 g/mol. The van der Waals surface area contributed by atoms with Crippen LogP contribution in [-0.4, -0.2) is 106 Å². The van der Waals surface area contributed by atoms with Crippen LogP contribution in [0, 0.1) is 17.8 Å². The van der Waals surface area contributed by atoms with Gasteiger partial charge in [-0.05, 0) is 81.3 Å². The normalized spacial score (nSPS) is 30.7. The standard InChI is InChI=1S/C11H22N2.C10H19NO.C9H15N3/c1-11(2,3)13-7-9-5-6-12(4)10(9)8-13;1-10(2,3)11-4-8-6-12-7-9(8)5-11;1-7(2)12-5-8-4-10-11(3)9(8)6-12/h9-10H,5-8H2,1-4H3;8-9H,4-7H2,1-3H3;4,7H,5-6H2,1-3H3. The third-order valence-corrected chi connectivity index (χ3v) is 9.57. The molecule has 0 aromatic carbocycles. The van der Waals surface area contributed by atoms with Crippen LogP contribution < -0.4 is 0 Å². The first-order valence-electron chi connectivity index (χ1n) is 14.8. The van der Waals surface area contributed by atoms with Crippen LogP contribution in [0.5, 0.6) is 0 Å². The van der Waals surface area contributed by atoms with Gasteiger partial charge in [-0.1, -0.05) is 0 Å². The molecule has 5 aliphatic heterocycles. The Balaban J connectivity index is 0.000000130. The Morgan fingerprint density at radius 2 is 1.41 bits per heavy atom. The first kappa shape index (κ1) is 29.0. The van der Waals surface area contributed by atoms with Crippen LogP contribution in [0.25, 0.3) is 0 Å². The highest BCUT2D eigenvalue weighted by atomic mass is 16.5. The van der Waals surface area contributed by atoms with Crippen LogP contribution in [0.15, 0.2) is 6.20 Å². The quantitative estimate of drug-likeness (QED) is 0.563. The summed E-state index contributed by atoms with van der Waals surface area (Å²) < 4.78 is 7.43. The van der Waals surface area contributed by atoms with Crippen molar-refractivity contribution in [2.75, 3.05) is 53.0 Å². The summed E-state index contributed by atoms with van der Waals surface area (Å²) in [5.41, 5.74) is 3.49. The maximum absolute atomic E-state index is 5.45. The van der Waals surface area contributed by atoms with Gasteiger partial charge in [0.1, 0.15) is 0 Å². The summed E-state index contributed by atoms with van der Waals surface area (Å²) in [6.07, 6.45) is 3.39. The fourth-order valence-electron chi connectivity index (χ4n) is 6.63. The van der Waals surface area contributed by atoms with Crippen molar-refractivity contribution in [2.24, 2.45) is 24.8 Å². The molecule has 1 aromatic rings. The highest BCUT2D eigenvalue weighted by molar-refractivity contribution is 5.21. The fourth-order valence-corrected chi connectivity index (χ4v) is 6.63. The van der Waals surface area contributed by atoms with E-state index in [1.165, 1.54) is 50.4 Å². The lowest BCUT2D eigenvalue weighted by Gasteiger charge is -2.33. The number of fused-ring (bicyclic) bond motifs is 3. The van der Waals surface area contributed by atoms with Gasteiger partial charge in [-0.3, -0.25) is 19.4 Å². The van der Waals surface area contributed by atoms with Crippen LogP contribution in [0.1, 0.15) is 73.1 Å². The van der Waals surface area contributed by atoms with E-state index in [2.05, 4.69) is 87.1 Å². The summed E-state index contributed by atoms with van der Waals surface area (Å²) in [4.78, 5) is 10.2. The molecule has 7 nitrogen and oxygen atoms in total. The molecule has 0 bridgehead atoms. The van der Waals surface area contributed by atoms with Crippen molar-refractivity contribution in [3.8, 4) is 0 Å². The first-order valence-corrected chi connectivity index (χ1v) is 14.8. The lowest BCUT2D eigenvalue weighted by atomic mass is 10.0. The van der Waals surface area contributed by atoms with Crippen LogP contribution >= 0.6 is 0 Å². The molecule has 1 aromatic heterocycles. The fraction of sp³-hybridized carbons (Fsp3) is 0.900. The Hall–Kier alpha value is -0.990. The summed E-state index contributed by atoms with van der Waals surface area (Å²) in [5.74, 6) is 2.60. The zero-order chi connectivity index (χ0) is 27.1. The SMILES string of the molecule is CC(C)(C)N1CC2COCC2C1.CC(C)N1Cc2cnn(C)c2C1.CN1CCC2CN(C(C)(C)C)CC21. The van der Waals surface area contributed by atoms with Gasteiger partial charge in [0.25, 0.3) is 0 Å². The van der Waals surface area contributed by atoms with Crippen LogP contribution in [0.3, 0.4) is 0 Å². The van der Waals surface area contributed by atoms with Crippen molar-refractivity contribution in [2.45, 2.75) is 98.1 Å². The van der Waals surface area contributed by atoms with E-state index in [9.17, 15) is 0 Å². The maximum Gasteiger partial charge on any atom is 0.0566 e. The smallest absolute Gasteiger partial charge is 0.0566 e. The largest absolute Gasteiger partial charge is 0.381 e. The summed E-state index contributed by atoms with van der Waals surface area (Å²) >= 11 is 0. The zero-order valence-corrected chi connectivity index (χ0v) is 25.6. The molecular formula is C30H56N6O. The van der Waals surface area contributed by atoms with Crippen molar-refractivity contribution in [1.82, 2.24) is 29.4 Å². The summed E-state index contributed by atoms with van der Waals surface area (Å²) in [6, 6.07) is 1.48. The Kier molecular flexibility index (Phi) is 8.81. The van der Waals surface area contributed by atoms with E-state index in [1.54, 1.807) is 0 Å². The first-order chi connectivity index (χ1) is 17.2. The molecule has 6 heterocycles. The van der Waals surface area contributed by atoms with Crippen LogP contribution in [-0.2, 0) is 24.9 Å². The van der Waals surface area contributed by atoms with E-state index in [0.717, 1.165) is 50.1 Å². The minimum absolute atomic E-state index is 0.352. The van der Waals surface area contributed by atoms with E-state index in [0.29, 0.717) is 17.1 Å². The number of aromatic nitrogens is 2. The molecule has 6 rings (SSSR count). The average Bonchev–Trinajstić information content (AvgIpc) is 3.59. The average molecular weight is 517 g/mol. The second kappa shape index (κ2) is 11.2. The summed E-state index contributed by atoms with van der Waals surface area (Å²) in [5, 5.41) is 4.22. The molecule has 4 saturated heterocycles. The summed E-state index contributed by atoms with van der Waals surface area (Å²) in [6.45, 7) is 28.9. The molecule has 212 valence electrons. The second-order valence-electron chi connectivity index (χ2n) is 14.5. The van der Waals surface area contributed by atoms with Gasteiger partial charge in [0.15, 0.2) is 0 Å². The molecule has 0 radical (unpaired) electrons. The molecule has 0 aliphatic carbocycles. The van der Waals surface area contributed by atoms with Gasteiger partial charge in [0, 0.05) is 86.9 Å². The van der Waals surface area contributed by atoms with Gasteiger partial charge < -0.3 is 9.64 Å². The van der Waals surface area contributed by atoms with E-state index in [-0.39, 0.29) is 0 Å². The molecule has 4 atom stereocenters. The Morgan fingerprint density at radius 1 is 0.838 bits per heavy atom. The van der Waals surface area contributed by atoms with Gasteiger partial charge in [0.2, 0.25) is 0 Å². The lowest BCUT2D eigenvalue weighted by molar-refractivity contribution is 0.114. The maximum atomic E-state index is 5.45. The highest BCUT2D eigenvalue weighted by Crippen LogP contribution is 2.34. The van der Waals surface area contributed by atoms with Crippen molar-refractivity contribution >= 4 is 0 Å². The van der Waals surface area contributed by atoms with Crippen molar-refractivity contribution in [3.05, 3.63) is 17.5 Å². The number of aryl methyl sites for hydroxylation is 1. The van der Waals surface area contributed by atoms with Gasteiger partial charge in [0.05, 0.1) is 25.1 Å². The molecule has 4 fully saturated rings. The molecule has 0 spiro atoms. The topological polar surface area (TPSA) is 40.0 Å². The Morgan fingerprint density at radius 3 is 1.92 bits per heavy atom. The third-order valence-electron chi connectivity index (χ3n) is 9.57. The van der Waals surface area contributed by atoms with Gasteiger partial charge in [-0.2, -0.15) is 5.10 Å². The van der Waals surface area contributed by atoms with E-state index in [4.69, 9.17) is 4.74 Å². The predicted octanol–water partition coefficient (Wildman–Crippen LogP) is 3.93. The highest BCUT2D eigenvalue weighted by Gasteiger charge is 2.42. The van der Waals surface area contributed by atoms with Gasteiger partial charge in [-0.15, -0.1) is 0 Å². The molecule has 5 aliphatic rings. The van der Waals surface area contributed by atoms with Crippen molar-refractivity contribution in [1.29, 1.82) is 0 Å². The van der Waals surface area contributed by atoms with E-state index < -0.39 is 0 Å². The Labute approximate surface area is 227 Å². The van der Waals surface area contributed by atoms with Crippen molar-refractivity contribution in [3.63, 3.8) is 0 Å². The molecule has 0 amide bonds. The number of likely N-dealkylation sites (N-methyl/N-ethyl adjacent to an activating group) is 1. The van der Waals surface area contributed by atoms with Crippen molar-refractivity contribution < 1.29 is 4.74 Å². The minimum atomic E-state index is 0.352. The number of nitrogens with zero attached hydrogens (tertiary/aromatic N) is 6. The van der Waals surface area contributed by atoms with Crippen LogP contribution in [0.2, 0.25) is 0 Å². The van der Waals surface area contributed by atoms with Gasteiger partial charge in [-0.25, -0.2) is 0 Å². The number of rotatable bonds is 1. The molecule has 37 heavy (non-hydrogen) atoms. The number of hydrogen-bond acceptors (Lipinski definition) is 6. The second-order valence-corrected chi connectivity index (χ2v) is 14.5. The monoisotopic (exact) mass is 516 g/mol. The summed E-state index contributed by atoms with van der Waals surface area (Å²) in [7, 11) is 4.29. The Bertz CT molecular complexity index is 872. The number of likely N-dealkylation sites (tertiary alicyclic amines) is 3. The lowest BCUT2D eigenvalue weighted by Crippen LogP contribution is -2.42. The van der Waals surface area contributed by atoms with E-state index >= 15 is 0 Å². The predicted molar refractivity (Wildman–Crippen MR) is 153 cm³/mol. The number of ether oxygens (including phenoxy) is 1. The third kappa shape index (κ3) is 6.78. The molecule has 4 unspecified atom stereocenters. The molecule has 0 saturated carbocycles. The zero-order valence-electron chi connectivity index (χ0n) is 25.6. The molecule has 7 heteroatoms. The number of hydrogen-bond donors (Lipinski definition) is 0. The minimum Gasteiger partial charge on any atom is -0.381 e. The van der Waals surface area contributed by atoms with E-state index in [1.807, 2.05) is 17.9 Å².